The third-order valence-corrected chi connectivity index (χ3v) is 6.43. The first-order valence-electron chi connectivity index (χ1n) is 11.4. The van der Waals surface area contributed by atoms with Gasteiger partial charge >= 0.3 is 6.18 Å². The minimum Gasteiger partial charge on any atom is -0.383 e. The Labute approximate surface area is 196 Å². The normalized spacial score (nSPS) is 19.5. The Morgan fingerprint density at radius 3 is 2.59 bits per heavy atom. The van der Waals surface area contributed by atoms with Crippen LogP contribution in [0.15, 0.2) is 24.4 Å². The Morgan fingerprint density at radius 2 is 1.91 bits per heavy atom. The highest BCUT2D eigenvalue weighted by Crippen LogP contribution is 2.33. The second kappa shape index (κ2) is 10.1. The molecule has 4 heterocycles. The highest BCUT2D eigenvalue weighted by Gasteiger charge is 2.32. The van der Waals surface area contributed by atoms with Gasteiger partial charge in [0.25, 0.3) is 0 Å². The number of nitrogens with zero attached hydrogens (tertiary/aromatic N) is 5. The SMILES string of the molecule is COCC1CCCN1c1nc(Nc2cc(C(F)(F)F)ccn2)cc(C2CCN(C(C)=O)CC2)n1. The summed E-state index contributed by atoms with van der Waals surface area (Å²) in [7, 11) is 1.66. The Balaban J connectivity index is 1.64. The van der Waals surface area contributed by atoms with Crippen molar-refractivity contribution in [3.05, 3.63) is 35.7 Å². The van der Waals surface area contributed by atoms with Gasteiger partial charge in [-0.25, -0.2) is 9.97 Å². The smallest absolute Gasteiger partial charge is 0.383 e. The second-order valence-electron chi connectivity index (χ2n) is 8.76. The van der Waals surface area contributed by atoms with E-state index in [1.807, 2.05) is 4.90 Å². The fourth-order valence-electron chi connectivity index (χ4n) is 4.62. The number of halogens is 3. The lowest BCUT2D eigenvalue weighted by molar-refractivity contribution is -0.137. The van der Waals surface area contributed by atoms with Crippen LogP contribution in [-0.4, -0.2) is 65.2 Å². The van der Waals surface area contributed by atoms with Crippen LogP contribution >= 0.6 is 0 Å². The zero-order valence-corrected chi connectivity index (χ0v) is 19.3. The average Bonchev–Trinajstić information content (AvgIpc) is 3.27. The molecule has 0 radical (unpaired) electrons. The lowest BCUT2D eigenvalue weighted by atomic mass is 9.93. The van der Waals surface area contributed by atoms with Crippen molar-refractivity contribution >= 4 is 23.5 Å². The maximum absolute atomic E-state index is 13.2. The highest BCUT2D eigenvalue weighted by atomic mass is 19.4. The third-order valence-electron chi connectivity index (χ3n) is 6.43. The highest BCUT2D eigenvalue weighted by molar-refractivity contribution is 5.73. The topological polar surface area (TPSA) is 83.5 Å². The number of likely N-dealkylation sites (tertiary alicyclic amines) is 1. The van der Waals surface area contributed by atoms with Crippen LogP contribution in [0.2, 0.25) is 0 Å². The van der Waals surface area contributed by atoms with Crippen LogP contribution in [0.4, 0.5) is 30.8 Å². The van der Waals surface area contributed by atoms with Crippen molar-refractivity contribution in [2.75, 3.05) is 43.6 Å². The van der Waals surface area contributed by atoms with Crippen molar-refractivity contribution in [2.45, 2.75) is 50.7 Å². The number of pyridine rings is 1. The van der Waals surface area contributed by atoms with Gasteiger partial charge in [-0.05, 0) is 37.8 Å². The van der Waals surface area contributed by atoms with E-state index in [0.29, 0.717) is 31.5 Å². The predicted octanol–water partition coefficient (Wildman–Crippen LogP) is 3.98. The molecule has 0 aromatic carbocycles. The van der Waals surface area contributed by atoms with E-state index in [1.165, 1.54) is 0 Å². The van der Waals surface area contributed by atoms with Gasteiger partial charge in [0.1, 0.15) is 11.6 Å². The number of piperidine rings is 1. The number of anilines is 3. The number of ether oxygens (including phenoxy) is 1. The fourth-order valence-corrected chi connectivity index (χ4v) is 4.62. The number of nitrogens with one attached hydrogen (secondary N) is 1. The van der Waals surface area contributed by atoms with Crippen LogP contribution in [0.1, 0.15) is 49.8 Å². The van der Waals surface area contributed by atoms with Gasteiger partial charge in [0.05, 0.1) is 23.9 Å². The lowest BCUT2D eigenvalue weighted by Gasteiger charge is -2.32. The van der Waals surface area contributed by atoms with Crippen molar-refractivity contribution in [2.24, 2.45) is 0 Å². The summed E-state index contributed by atoms with van der Waals surface area (Å²) in [4.78, 5) is 29.2. The molecule has 1 amide bonds. The minimum atomic E-state index is -4.46. The van der Waals surface area contributed by atoms with E-state index < -0.39 is 11.7 Å². The fraction of sp³-hybridized carbons (Fsp3) is 0.565. The van der Waals surface area contributed by atoms with Gasteiger partial charge < -0.3 is 19.9 Å². The Hall–Kier alpha value is -2.95. The maximum Gasteiger partial charge on any atom is 0.416 e. The van der Waals surface area contributed by atoms with Crippen molar-refractivity contribution in [3.8, 4) is 0 Å². The lowest BCUT2D eigenvalue weighted by Crippen LogP contribution is -2.37. The maximum atomic E-state index is 13.2. The number of carbonyl (C=O) groups is 1. The number of rotatable bonds is 6. The van der Waals surface area contributed by atoms with Gasteiger partial charge in [0, 0.05) is 51.8 Å². The zero-order chi connectivity index (χ0) is 24.3. The van der Waals surface area contributed by atoms with Crippen LogP contribution in [0.5, 0.6) is 0 Å². The van der Waals surface area contributed by atoms with E-state index in [-0.39, 0.29) is 23.7 Å². The molecule has 2 aliphatic heterocycles. The van der Waals surface area contributed by atoms with Crippen LogP contribution in [0.3, 0.4) is 0 Å². The van der Waals surface area contributed by atoms with Crippen molar-refractivity contribution in [1.29, 1.82) is 0 Å². The molecular formula is C23H29F3N6O2. The molecule has 2 aliphatic rings. The molecule has 11 heteroatoms. The van der Waals surface area contributed by atoms with Gasteiger partial charge in [0.2, 0.25) is 11.9 Å². The molecule has 0 aliphatic carbocycles. The Bertz CT molecular complexity index is 1010. The molecule has 2 aromatic heterocycles. The number of methoxy groups -OCH3 is 1. The van der Waals surface area contributed by atoms with Crippen molar-refractivity contribution < 1.29 is 22.7 Å². The molecule has 2 aromatic rings. The third kappa shape index (κ3) is 5.57. The number of hydrogen-bond acceptors (Lipinski definition) is 7. The predicted molar refractivity (Wildman–Crippen MR) is 121 cm³/mol. The van der Waals surface area contributed by atoms with Crippen molar-refractivity contribution in [3.63, 3.8) is 0 Å². The van der Waals surface area contributed by atoms with Crippen LogP contribution in [0, 0.1) is 0 Å². The monoisotopic (exact) mass is 478 g/mol. The molecule has 0 saturated carbocycles. The number of aromatic nitrogens is 3. The quantitative estimate of drug-likeness (QED) is 0.673. The van der Waals surface area contributed by atoms with Crippen molar-refractivity contribution in [1.82, 2.24) is 19.9 Å². The van der Waals surface area contributed by atoms with E-state index in [4.69, 9.17) is 9.72 Å². The second-order valence-corrected chi connectivity index (χ2v) is 8.76. The summed E-state index contributed by atoms with van der Waals surface area (Å²) in [6.07, 6.45) is 0.125. The Morgan fingerprint density at radius 1 is 1.15 bits per heavy atom. The summed E-state index contributed by atoms with van der Waals surface area (Å²) in [5.74, 6) is 1.16. The van der Waals surface area contributed by atoms with E-state index in [9.17, 15) is 18.0 Å². The number of amides is 1. The number of hydrogen-bond donors (Lipinski definition) is 1. The summed E-state index contributed by atoms with van der Waals surface area (Å²) >= 11 is 0. The van der Waals surface area contributed by atoms with Gasteiger partial charge in [-0.2, -0.15) is 18.2 Å². The molecular weight excluding hydrogens is 449 g/mol. The largest absolute Gasteiger partial charge is 0.416 e. The summed E-state index contributed by atoms with van der Waals surface area (Å²) in [6, 6.07) is 3.82. The molecule has 2 saturated heterocycles. The molecule has 184 valence electrons. The number of carbonyl (C=O) groups excluding carboxylic acids is 1. The van der Waals surface area contributed by atoms with E-state index in [2.05, 4.69) is 20.2 Å². The van der Waals surface area contributed by atoms with E-state index in [1.54, 1.807) is 20.1 Å². The summed E-state index contributed by atoms with van der Waals surface area (Å²) < 4.78 is 44.8. The molecule has 8 nitrogen and oxygen atoms in total. The van der Waals surface area contributed by atoms with Gasteiger partial charge in [-0.15, -0.1) is 0 Å². The molecule has 0 bridgehead atoms. The van der Waals surface area contributed by atoms with Gasteiger partial charge in [-0.1, -0.05) is 0 Å². The standard InChI is InChI=1S/C23H29F3N6O2/c1-15(33)31-10-6-16(7-11-31)19-13-21(29-20-12-17(5-8-27-20)23(24,25)26)30-22(28-19)32-9-3-4-18(32)14-34-2/h5,8,12-13,16,18H,3-4,6-7,9-11,14H2,1-2H3,(H,27,28,29,30). The van der Waals surface area contributed by atoms with Crippen LogP contribution in [0.25, 0.3) is 0 Å². The van der Waals surface area contributed by atoms with Gasteiger partial charge in [-0.3, -0.25) is 4.79 Å². The van der Waals surface area contributed by atoms with E-state index in [0.717, 1.165) is 56.3 Å². The first-order chi connectivity index (χ1) is 16.2. The van der Waals surface area contributed by atoms with Crippen LogP contribution in [-0.2, 0) is 15.7 Å². The zero-order valence-electron chi connectivity index (χ0n) is 19.3. The Kier molecular flexibility index (Phi) is 7.20. The molecule has 0 spiro atoms. The average molecular weight is 479 g/mol. The first-order valence-corrected chi connectivity index (χ1v) is 11.4. The minimum absolute atomic E-state index is 0.0549. The molecule has 4 rings (SSSR count). The van der Waals surface area contributed by atoms with Gasteiger partial charge in [0.15, 0.2) is 0 Å². The molecule has 2 fully saturated rings. The first kappa shape index (κ1) is 24.2. The summed E-state index contributed by atoms with van der Waals surface area (Å²) in [5, 5.41) is 2.95. The molecule has 1 N–H and O–H groups in total. The molecule has 1 atom stereocenters. The van der Waals surface area contributed by atoms with E-state index >= 15 is 0 Å². The number of alkyl halides is 3. The summed E-state index contributed by atoms with van der Waals surface area (Å²) in [5.41, 5.74) is 0.0292. The molecule has 1 unspecified atom stereocenters. The molecule has 34 heavy (non-hydrogen) atoms. The summed E-state index contributed by atoms with van der Waals surface area (Å²) in [6.45, 7) is 4.18. The van der Waals surface area contributed by atoms with Crippen LogP contribution < -0.4 is 10.2 Å².